The third-order valence-corrected chi connectivity index (χ3v) is 3.82. The third-order valence-electron chi connectivity index (χ3n) is 3.82. The van der Waals surface area contributed by atoms with Crippen LogP contribution in [0.25, 0.3) is 0 Å². The highest BCUT2D eigenvalue weighted by atomic mass is 16.6. The number of piperidine rings is 1. The smallest absolute Gasteiger partial charge is 0.410 e. The van der Waals surface area contributed by atoms with E-state index in [0.29, 0.717) is 25.9 Å². The van der Waals surface area contributed by atoms with Gasteiger partial charge in [-0.25, -0.2) is 4.79 Å². The molecule has 122 valence electrons. The molecule has 2 rings (SSSR count). The maximum absolute atomic E-state index is 12.1. The lowest BCUT2D eigenvalue weighted by Crippen LogP contribution is -2.51. The molecule has 22 heavy (non-hydrogen) atoms. The van der Waals surface area contributed by atoms with Crippen molar-refractivity contribution in [2.75, 3.05) is 13.1 Å². The van der Waals surface area contributed by atoms with Gasteiger partial charge in [-0.05, 0) is 51.3 Å². The number of amides is 1. The van der Waals surface area contributed by atoms with Crippen LogP contribution in [0, 0.1) is 0 Å². The van der Waals surface area contributed by atoms with E-state index in [0.717, 1.165) is 11.3 Å². The molecule has 6 nitrogen and oxygen atoms in total. The third kappa shape index (κ3) is 3.96. The monoisotopic (exact) mass is 307 g/mol. The Hall–Kier alpha value is -1.66. The van der Waals surface area contributed by atoms with E-state index in [4.69, 9.17) is 10.5 Å². The first-order valence-electron chi connectivity index (χ1n) is 7.57. The Labute approximate surface area is 131 Å². The summed E-state index contributed by atoms with van der Waals surface area (Å²) in [6.07, 6.45) is 2.60. The molecule has 0 bridgehead atoms. The molecule has 0 atom stereocenters. The van der Waals surface area contributed by atoms with E-state index < -0.39 is 11.1 Å². The first-order valence-corrected chi connectivity index (χ1v) is 7.57. The molecule has 0 radical (unpaired) electrons. The van der Waals surface area contributed by atoms with Crippen LogP contribution in [0.3, 0.4) is 0 Å². The van der Waals surface area contributed by atoms with Crippen molar-refractivity contribution in [1.29, 1.82) is 0 Å². The van der Waals surface area contributed by atoms with Crippen LogP contribution in [-0.4, -0.2) is 39.8 Å². The number of carbonyl (C=O) groups is 1. The number of nitrogens with zero attached hydrogens (tertiary/aromatic N) is 2. The quantitative estimate of drug-likeness (QED) is 0.869. The molecule has 3 N–H and O–H groups in total. The lowest BCUT2D eigenvalue weighted by atomic mass is 9.84. The first-order chi connectivity index (χ1) is 10.2. The average Bonchev–Trinajstić information content (AvgIpc) is 2.46. The number of nitrogens with two attached hydrogens (primary N) is 1. The zero-order valence-corrected chi connectivity index (χ0v) is 13.5. The van der Waals surface area contributed by atoms with Crippen molar-refractivity contribution >= 4 is 6.09 Å². The van der Waals surface area contributed by atoms with Gasteiger partial charge in [0.2, 0.25) is 0 Å². The molecule has 2 heterocycles. The Morgan fingerprint density at radius 3 is 2.64 bits per heavy atom. The normalized spacial score (nSPS) is 18.1. The van der Waals surface area contributed by atoms with Crippen molar-refractivity contribution in [2.24, 2.45) is 5.73 Å². The number of aliphatic hydroxyl groups excluding tert-OH is 1. The first kappa shape index (κ1) is 16.7. The van der Waals surface area contributed by atoms with Gasteiger partial charge in [0.15, 0.2) is 0 Å². The summed E-state index contributed by atoms with van der Waals surface area (Å²) in [5.41, 5.74) is 6.97. The van der Waals surface area contributed by atoms with Gasteiger partial charge in [0.1, 0.15) is 5.60 Å². The van der Waals surface area contributed by atoms with E-state index in [9.17, 15) is 9.90 Å². The van der Waals surface area contributed by atoms with Gasteiger partial charge in [0.05, 0.1) is 17.8 Å². The van der Waals surface area contributed by atoms with Gasteiger partial charge >= 0.3 is 6.09 Å². The van der Waals surface area contributed by atoms with Crippen LogP contribution in [0.4, 0.5) is 4.79 Å². The van der Waals surface area contributed by atoms with E-state index in [1.807, 2.05) is 26.8 Å². The van der Waals surface area contributed by atoms with E-state index in [2.05, 4.69) is 4.98 Å². The summed E-state index contributed by atoms with van der Waals surface area (Å²) in [6.45, 7) is 6.60. The molecule has 1 aromatic heterocycles. The number of pyridine rings is 1. The lowest BCUT2D eigenvalue weighted by Gasteiger charge is -2.39. The molecule has 1 aromatic rings. The highest BCUT2D eigenvalue weighted by molar-refractivity contribution is 5.68. The van der Waals surface area contributed by atoms with E-state index in [1.165, 1.54) is 0 Å². The second-order valence-corrected chi connectivity index (χ2v) is 6.83. The molecule has 0 unspecified atom stereocenters. The average molecular weight is 307 g/mol. The Bertz CT molecular complexity index is 532. The van der Waals surface area contributed by atoms with E-state index >= 15 is 0 Å². The molecule has 1 fully saturated rings. The topological polar surface area (TPSA) is 88.7 Å². The molecule has 0 aromatic carbocycles. The van der Waals surface area contributed by atoms with Crippen molar-refractivity contribution in [2.45, 2.75) is 51.4 Å². The zero-order chi connectivity index (χ0) is 16.4. The maximum Gasteiger partial charge on any atom is 0.410 e. The van der Waals surface area contributed by atoms with Crippen LogP contribution in [0.15, 0.2) is 18.3 Å². The van der Waals surface area contributed by atoms with Crippen LogP contribution < -0.4 is 5.73 Å². The summed E-state index contributed by atoms with van der Waals surface area (Å²) >= 11 is 0. The summed E-state index contributed by atoms with van der Waals surface area (Å²) in [6, 6.07) is 3.60. The summed E-state index contributed by atoms with van der Waals surface area (Å²) in [5, 5.41) is 9.23. The van der Waals surface area contributed by atoms with Crippen molar-refractivity contribution in [3.05, 3.63) is 29.6 Å². The van der Waals surface area contributed by atoms with Crippen LogP contribution in [0.2, 0.25) is 0 Å². The number of ether oxygens (including phenoxy) is 1. The highest BCUT2D eigenvalue weighted by Gasteiger charge is 2.36. The minimum absolute atomic E-state index is 0.0321. The molecule has 6 heteroatoms. The summed E-state index contributed by atoms with van der Waals surface area (Å²) in [5.74, 6) is 0. The minimum Gasteiger partial charge on any atom is -0.444 e. The summed E-state index contributed by atoms with van der Waals surface area (Å²) < 4.78 is 5.39. The number of aliphatic hydroxyl groups is 1. The predicted octanol–water partition coefficient (Wildman–Crippen LogP) is 1.76. The summed E-state index contributed by atoms with van der Waals surface area (Å²) in [7, 11) is 0. The molecular weight excluding hydrogens is 282 g/mol. The second kappa shape index (κ2) is 6.22. The SMILES string of the molecule is CC(C)(C)OC(=O)N1CCC(N)(c2cc(CO)ccn2)CC1. The number of carbonyl (C=O) groups excluding carboxylic acids is 1. The van der Waals surface area contributed by atoms with Crippen LogP contribution >= 0.6 is 0 Å². The number of rotatable bonds is 2. The van der Waals surface area contributed by atoms with Gasteiger partial charge in [-0.3, -0.25) is 4.98 Å². The zero-order valence-electron chi connectivity index (χ0n) is 13.5. The Kier molecular flexibility index (Phi) is 4.72. The fourth-order valence-electron chi connectivity index (χ4n) is 2.52. The molecule has 1 amide bonds. The Morgan fingerprint density at radius 1 is 1.45 bits per heavy atom. The highest BCUT2D eigenvalue weighted by Crippen LogP contribution is 2.30. The molecule has 1 aliphatic rings. The largest absolute Gasteiger partial charge is 0.444 e. The van der Waals surface area contributed by atoms with Crippen LogP contribution in [0.5, 0.6) is 0 Å². The Balaban J connectivity index is 2.02. The Morgan fingerprint density at radius 2 is 2.09 bits per heavy atom. The molecular formula is C16H25N3O3. The number of hydrogen-bond acceptors (Lipinski definition) is 5. The summed E-state index contributed by atoms with van der Waals surface area (Å²) in [4.78, 5) is 18.1. The lowest BCUT2D eigenvalue weighted by molar-refractivity contribution is 0.0164. The molecule has 0 aliphatic carbocycles. The van der Waals surface area contributed by atoms with Crippen molar-refractivity contribution < 1.29 is 14.6 Å². The second-order valence-electron chi connectivity index (χ2n) is 6.83. The van der Waals surface area contributed by atoms with Gasteiger partial charge in [-0.1, -0.05) is 0 Å². The fourth-order valence-corrected chi connectivity index (χ4v) is 2.52. The van der Waals surface area contributed by atoms with E-state index in [1.54, 1.807) is 17.2 Å². The van der Waals surface area contributed by atoms with E-state index in [-0.39, 0.29) is 12.7 Å². The van der Waals surface area contributed by atoms with Crippen molar-refractivity contribution in [1.82, 2.24) is 9.88 Å². The number of likely N-dealkylation sites (tertiary alicyclic amines) is 1. The molecule has 1 saturated heterocycles. The fraction of sp³-hybridized carbons (Fsp3) is 0.625. The molecule has 1 aliphatic heterocycles. The predicted molar refractivity (Wildman–Crippen MR) is 83.1 cm³/mol. The van der Waals surface area contributed by atoms with Gasteiger partial charge < -0.3 is 20.5 Å². The molecule has 0 spiro atoms. The van der Waals surface area contributed by atoms with Gasteiger partial charge in [-0.15, -0.1) is 0 Å². The maximum atomic E-state index is 12.1. The molecule has 0 saturated carbocycles. The number of aromatic nitrogens is 1. The van der Waals surface area contributed by atoms with Gasteiger partial charge in [-0.2, -0.15) is 0 Å². The van der Waals surface area contributed by atoms with Gasteiger partial charge in [0, 0.05) is 19.3 Å². The number of hydrogen-bond donors (Lipinski definition) is 2. The van der Waals surface area contributed by atoms with Crippen LogP contribution in [0.1, 0.15) is 44.9 Å². The van der Waals surface area contributed by atoms with Gasteiger partial charge in [0.25, 0.3) is 0 Å². The minimum atomic E-state index is -0.566. The van der Waals surface area contributed by atoms with Crippen molar-refractivity contribution in [3.8, 4) is 0 Å². The standard InChI is InChI=1S/C16H25N3O3/c1-15(2,3)22-14(21)19-8-5-16(17,6-9-19)13-10-12(11-20)4-7-18-13/h4,7,10,20H,5-6,8-9,11,17H2,1-3H3. The van der Waals surface area contributed by atoms with Crippen LogP contribution in [-0.2, 0) is 16.9 Å². The van der Waals surface area contributed by atoms with Crippen molar-refractivity contribution in [3.63, 3.8) is 0 Å².